The summed E-state index contributed by atoms with van der Waals surface area (Å²) in [6.07, 6.45) is 17.5. The van der Waals surface area contributed by atoms with Gasteiger partial charge in [0.1, 0.15) is 18.0 Å². The van der Waals surface area contributed by atoms with Crippen LogP contribution in [0.3, 0.4) is 0 Å². The molecule has 1 fully saturated rings. The lowest BCUT2D eigenvalue weighted by atomic mass is 10.1. The molecule has 1 saturated heterocycles. The summed E-state index contributed by atoms with van der Waals surface area (Å²) in [5.41, 5.74) is 15.2. The number of hydrogen-bond donors (Lipinski definition) is 6. The molecule has 0 saturated carbocycles. The Labute approximate surface area is 755 Å². The van der Waals surface area contributed by atoms with Gasteiger partial charge in [0.05, 0.1) is 77.9 Å². The molecule has 124 heavy (non-hydrogen) atoms. The Balaban J connectivity index is -0.000000309. The number of aryl methyl sites for hydroxylation is 1. The van der Waals surface area contributed by atoms with Crippen LogP contribution in [0.1, 0.15) is 217 Å². The second-order valence-electron chi connectivity index (χ2n) is 32.3. The van der Waals surface area contributed by atoms with Gasteiger partial charge < -0.3 is 50.3 Å². The number of imidazole rings is 1. The molecule has 0 atom stereocenters. The maximum atomic E-state index is 11.5. The van der Waals surface area contributed by atoms with Gasteiger partial charge in [0, 0.05) is 122 Å². The molecule has 3 aromatic heterocycles. The van der Waals surface area contributed by atoms with Gasteiger partial charge in [-0.3, -0.25) is 13.3 Å². The number of terminal acetylenes is 1. The van der Waals surface area contributed by atoms with E-state index in [-0.39, 0.29) is 41.5 Å². The lowest BCUT2D eigenvalue weighted by molar-refractivity contribution is 0.0635. The monoisotopic (exact) mass is 1790 g/mol. The van der Waals surface area contributed by atoms with E-state index in [0.717, 1.165) is 73.6 Å². The van der Waals surface area contributed by atoms with Crippen molar-refractivity contribution < 1.29 is 50.1 Å². The average Bonchev–Trinajstić information content (AvgIpc) is 1.48. The van der Waals surface area contributed by atoms with Crippen molar-refractivity contribution in [1.29, 1.82) is 0 Å². The van der Waals surface area contributed by atoms with E-state index in [1.54, 1.807) is 105 Å². The molecule has 0 aliphatic carbocycles. The molecule has 0 amide bonds. The molecular formula is C93H164ClN17O11S2. The molecule has 31 heteroatoms. The SMILES string of the molecule is C#CCOC(C)C.C=CC(C)(C)O.C=CC(C)C.CC(C)=NO.CC(C)Cl.CC(C)N1CCN(c2ccccc2)CC1.CC(C)N=[N+]=[N-].CC(C)NCCN(C)C.CC(C)NCCc1cnc[nH]1.CC(C)O.CC(C)OCc1cn(-c2ccccc2)nn1.CC(C)OS(C)(=O)=O.CC(C)n1cc(-c2ccccc2)nn1.Cc1ccc(S(=O)(=O)OC(C)C)cc1. The highest BCUT2D eigenvalue weighted by atomic mass is 35.5. The number of oxime groups is 1. The Kier molecular flexibility index (Phi) is 78.7. The fraction of sp³-hybridized carbons (Fsp3) is 0.591. The summed E-state index contributed by atoms with van der Waals surface area (Å²) < 4.78 is 66.8. The number of rotatable bonds is 26. The van der Waals surface area contributed by atoms with Crippen molar-refractivity contribution in [3.8, 4) is 29.3 Å². The number of ether oxygens (including phenoxy) is 2. The second-order valence-corrected chi connectivity index (χ2v) is 36.4. The Hall–Kier alpha value is -8.22. The first-order valence-corrected chi connectivity index (χ1v) is 45.9. The molecule has 7 aromatic rings. The Bertz CT molecular complexity index is 3950. The van der Waals surface area contributed by atoms with E-state index in [9.17, 15) is 16.8 Å². The zero-order valence-corrected chi connectivity index (χ0v) is 83.9. The van der Waals surface area contributed by atoms with E-state index >= 15 is 0 Å². The third-order valence-electron chi connectivity index (χ3n) is 14.0. The summed E-state index contributed by atoms with van der Waals surface area (Å²) in [6, 6.07) is 39.6. The minimum atomic E-state index is -3.58. The Morgan fingerprint density at radius 2 is 1.15 bits per heavy atom. The number of aromatic amines is 1. The number of likely N-dealkylation sites (N-methyl/N-ethyl adjacent to an activating group) is 1. The average molecular weight is 1800 g/mol. The number of azide groups is 1. The van der Waals surface area contributed by atoms with Crippen molar-refractivity contribution in [1.82, 2.24) is 60.4 Å². The first kappa shape index (κ1) is 127. The van der Waals surface area contributed by atoms with Crippen LogP contribution in [0.2, 0.25) is 0 Å². The van der Waals surface area contributed by atoms with Crippen LogP contribution in [0.4, 0.5) is 5.69 Å². The van der Waals surface area contributed by atoms with Crippen LogP contribution in [0.15, 0.2) is 181 Å². The normalized spacial score (nSPS) is 11.4. The summed E-state index contributed by atoms with van der Waals surface area (Å²) in [7, 11) is -2.63. The molecule has 8 rings (SSSR count). The van der Waals surface area contributed by atoms with E-state index < -0.39 is 25.8 Å². The first-order valence-electron chi connectivity index (χ1n) is 42.3. The highest BCUT2D eigenvalue weighted by Crippen LogP contribution is 2.19. The zero-order valence-electron chi connectivity index (χ0n) is 81.5. The van der Waals surface area contributed by atoms with E-state index in [0.29, 0.717) is 54.4 Å². The van der Waals surface area contributed by atoms with E-state index in [1.807, 2.05) is 152 Å². The molecule has 706 valence electrons. The highest BCUT2D eigenvalue weighted by Gasteiger charge is 2.19. The van der Waals surface area contributed by atoms with Gasteiger partial charge in [-0.15, -0.1) is 41.4 Å². The Morgan fingerprint density at radius 1 is 0.694 bits per heavy atom. The number of anilines is 1. The molecule has 6 N–H and O–H groups in total. The molecule has 0 spiro atoms. The molecule has 1 aliphatic rings. The van der Waals surface area contributed by atoms with Crippen LogP contribution < -0.4 is 15.5 Å². The van der Waals surface area contributed by atoms with E-state index in [1.165, 1.54) is 30.5 Å². The largest absolute Gasteiger partial charge is 0.411 e. The fourth-order valence-corrected chi connectivity index (χ4v) is 9.69. The number of aliphatic hydroxyl groups excluding tert-OH is 1. The molecule has 0 bridgehead atoms. The maximum Gasteiger partial charge on any atom is 0.297 e. The summed E-state index contributed by atoms with van der Waals surface area (Å²) in [4.78, 5) is 17.0. The molecule has 4 heterocycles. The molecular weight excluding hydrogens is 1630 g/mol. The number of piperazine rings is 1. The fourth-order valence-electron chi connectivity index (χ4n) is 7.90. The van der Waals surface area contributed by atoms with Crippen LogP contribution in [0.25, 0.3) is 27.4 Å². The number of nitrogens with one attached hydrogen (secondary N) is 3. The van der Waals surface area contributed by atoms with Gasteiger partial charge in [-0.2, -0.15) is 16.8 Å². The van der Waals surface area contributed by atoms with Gasteiger partial charge in [-0.1, -0.05) is 179 Å². The molecule has 0 unspecified atom stereocenters. The number of aromatic nitrogens is 8. The number of H-pyrrole nitrogens is 1. The molecule has 4 aromatic carbocycles. The van der Waals surface area contributed by atoms with Gasteiger partial charge in [-0.25, -0.2) is 14.3 Å². The highest BCUT2D eigenvalue weighted by molar-refractivity contribution is 7.86. The summed E-state index contributed by atoms with van der Waals surface area (Å²) in [5.74, 6) is 3.02. The minimum Gasteiger partial charge on any atom is -0.411 e. The summed E-state index contributed by atoms with van der Waals surface area (Å²) >= 11 is 5.27. The third-order valence-corrected chi connectivity index (χ3v) is 16.2. The number of benzene rings is 4. The summed E-state index contributed by atoms with van der Waals surface area (Å²) in [6.45, 7) is 71.6. The van der Waals surface area contributed by atoms with Crippen molar-refractivity contribution in [3.63, 3.8) is 0 Å². The van der Waals surface area contributed by atoms with Gasteiger partial charge in [0.2, 0.25) is 0 Å². The van der Waals surface area contributed by atoms with Crippen LogP contribution >= 0.6 is 11.6 Å². The third kappa shape index (κ3) is 88.6. The summed E-state index contributed by atoms with van der Waals surface area (Å²) in [5, 5.41) is 53.9. The van der Waals surface area contributed by atoms with Crippen molar-refractivity contribution in [2.45, 2.75) is 290 Å². The maximum absolute atomic E-state index is 11.5. The number of alkyl halides is 1. The first-order chi connectivity index (χ1) is 57.6. The standard InChI is InChI=1S/C13H20N2.C12H15N3O.C11H13N3.C10H14O3S.C8H15N3.C7H18N2.C6H10O.C5H10O.C5H10.C4H10O3S.C3H7Cl.C3H7N3.C3H7NO.C3H8O/c1-12(2)14-8-10-15(11-9-14)13-6-4-3-5-7-13;1-10(2)16-9-11-8-15(14-13-11)12-6-4-3-5-7-12;1-9(2)14-8-11(12-13-14)10-6-4-3-5-7-10;1-8(2)13-14(11,12)10-6-4-9(3)5-7-10;1-7(2)10-4-3-8-5-9-6-11-8;1-7(2)8-5-6-9(3)4;1-4-5-7-6(2)3;1-4-5(2,3)6;1-4-5(2)3;1-4(2)7-8(3,5)6;1-3(2)4;1-3(2)5-6-4;1-3(2)4-5;1-3(2)4/h3-7,12H,8-11H2,1-2H3;3-8,10H,9H2,1-2H3;3-9H,1-2H3;4-8H,1-3H3;5-7,10H,3-4H2,1-2H3,(H,9,11);7-8H,5-6H2,1-4H3;1,6H,5H2,2-3H3;4,6H,1H2,2-3H3;4-5H,1H2,2-3H3;4H,1-3H3;3H,1-2H3;3H,1-2H3;5H,1-2H3;3-4H,1-2H3. The molecule has 0 radical (unpaired) electrons. The smallest absolute Gasteiger partial charge is 0.297 e. The van der Waals surface area contributed by atoms with Crippen LogP contribution in [-0.2, 0) is 51.1 Å². The predicted molar refractivity (Wildman–Crippen MR) is 520 cm³/mol. The van der Waals surface area contributed by atoms with Crippen molar-refractivity contribution in [2.24, 2.45) is 16.2 Å². The number of nitrogens with zero attached hydrogens (tertiary/aromatic N) is 14. The minimum absolute atomic E-state index is 0.106. The molecule has 28 nitrogen and oxygen atoms in total. The molecule has 1 aliphatic heterocycles. The van der Waals surface area contributed by atoms with Crippen LogP contribution in [0, 0.1) is 25.2 Å². The van der Waals surface area contributed by atoms with E-state index in [2.05, 4.69) is 208 Å². The van der Waals surface area contributed by atoms with Gasteiger partial charge in [0.25, 0.3) is 20.2 Å². The van der Waals surface area contributed by atoms with Crippen molar-refractivity contribution in [2.75, 3.05) is 77.7 Å². The second kappa shape index (κ2) is 77.2. The van der Waals surface area contributed by atoms with Gasteiger partial charge in [-0.05, 0) is 207 Å². The number of aliphatic hydroxyl groups is 2. The van der Waals surface area contributed by atoms with Crippen LogP contribution in [-0.4, -0.2) is 226 Å². The number of halogens is 1. The number of para-hydroxylation sites is 2. The lowest BCUT2D eigenvalue weighted by Crippen LogP contribution is -2.48. The van der Waals surface area contributed by atoms with Crippen molar-refractivity contribution >= 4 is 43.2 Å². The van der Waals surface area contributed by atoms with Crippen LogP contribution in [0.5, 0.6) is 0 Å². The van der Waals surface area contributed by atoms with Gasteiger partial charge in [0.15, 0.2) is 0 Å². The van der Waals surface area contributed by atoms with Gasteiger partial charge >= 0.3 is 0 Å². The number of allylic oxidation sites excluding steroid dienone is 1. The zero-order chi connectivity index (χ0) is 96.6. The quantitative estimate of drug-likeness (QED) is 0.00280. The Morgan fingerprint density at radius 3 is 1.47 bits per heavy atom. The topological polar surface area (TPSA) is 351 Å². The predicted octanol–water partition coefficient (Wildman–Crippen LogP) is 19.3. The van der Waals surface area contributed by atoms with Crippen molar-refractivity contribution in [3.05, 3.63) is 193 Å². The lowest BCUT2D eigenvalue weighted by Gasteiger charge is -2.38. The van der Waals surface area contributed by atoms with E-state index in [4.69, 9.17) is 52.6 Å². The number of hydrogen-bond acceptors (Lipinski definition) is 23.